The third kappa shape index (κ3) is 4.67. The molecular formula is C19H18ClN3O2. The number of hydrogen-bond acceptors (Lipinski definition) is 4. The summed E-state index contributed by atoms with van der Waals surface area (Å²) < 4.78 is 5.24. The van der Waals surface area contributed by atoms with Crippen molar-refractivity contribution in [3.63, 3.8) is 0 Å². The lowest BCUT2D eigenvalue weighted by molar-refractivity contribution is -0.116. The fourth-order valence-corrected chi connectivity index (χ4v) is 2.59. The van der Waals surface area contributed by atoms with E-state index in [1.807, 2.05) is 49.4 Å². The van der Waals surface area contributed by atoms with Crippen molar-refractivity contribution < 1.29 is 9.32 Å². The third-order valence-corrected chi connectivity index (χ3v) is 4.04. The minimum Gasteiger partial charge on any atom is -0.339 e. The topological polar surface area (TPSA) is 68.0 Å². The molecule has 128 valence electrons. The number of halogens is 1. The maximum Gasteiger partial charge on any atom is 0.226 e. The van der Waals surface area contributed by atoms with Crippen LogP contribution >= 0.6 is 11.6 Å². The summed E-state index contributed by atoms with van der Waals surface area (Å²) in [6.45, 7) is 2.01. The van der Waals surface area contributed by atoms with Gasteiger partial charge in [-0.15, -0.1) is 0 Å². The molecule has 0 aliphatic rings. The summed E-state index contributed by atoms with van der Waals surface area (Å²) >= 11 is 6.13. The SMILES string of the molecule is Cc1ccc(NC(=O)CCCc2nc(-c3ccccc3Cl)no2)cc1. The van der Waals surface area contributed by atoms with Crippen LogP contribution in [0.5, 0.6) is 0 Å². The van der Waals surface area contributed by atoms with Gasteiger partial charge in [0.05, 0.1) is 5.02 Å². The van der Waals surface area contributed by atoms with Crippen molar-refractivity contribution in [1.29, 1.82) is 0 Å². The number of amides is 1. The molecule has 0 radical (unpaired) electrons. The van der Waals surface area contributed by atoms with E-state index in [0.717, 1.165) is 16.8 Å². The quantitative estimate of drug-likeness (QED) is 0.698. The molecule has 2 aromatic carbocycles. The van der Waals surface area contributed by atoms with Gasteiger partial charge < -0.3 is 9.84 Å². The average molecular weight is 356 g/mol. The molecule has 3 aromatic rings. The second kappa shape index (κ2) is 7.94. The molecule has 1 amide bonds. The van der Waals surface area contributed by atoms with Gasteiger partial charge in [0.1, 0.15) is 0 Å². The summed E-state index contributed by atoms with van der Waals surface area (Å²) in [5.41, 5.74) is 2.69. The van der Waals surface area contributed by atoms with Gasteiger partial charge in [-0.05, 0) is 37.6 Å². The van der Waals surface area contributed by atoms with Crippen LogP contribution in [0.15, 0.2) is 53.1 Å². The molecule has 0 unspecified atom stereocenters. The normalized spacial score (nSPS) is 10.6. The lowest BCUT2D eigenvalue weighted by Crippen LogP contribution is -2.11. The summed E-state index contributed by atoms with van der Waals surface area (Å²) in [4.78, 5) is 16.3. The Morgan fingerprint density at radius 2 is 1.92 bits per heavy atom. The number of hydrogen-bond donors (Lipinski definition) is 1. The highest BCUT2D eigenvalue weighted by Crippen LogP contribution is 2.25. The predicted molar refractivity (Wildman–Crippen MR) is 97.5 cm³/mol. The predicted octanol–water partition coefficient (Wildman–Crippen LogP) is 4.66. The zero-order valence-corrected chi connectivity index (χ0v) is 14.6. The Morgan fingerprint density at radius 1 is 1.16 bits per heavy atom. The number of carbonyl (C=O) groups is 1. The van der Waals surface area contributed by atoms with Gasteiger partial charge in [-0.3, -0.25) is 4.79 Å². The van der Waals surface area contributed by atoms with Crippen molar-refractivity contribution in [3.8, 4) is 11.4 Å². The van der Waals surface area contributed by atoms with E-state index < -0.39 is 0 Å². The smallest absolute Gasteiger partial charge is 0.226 e. The van der Waals surface area contributed by atoms with Crippen molar-refractivity contribution >= 4 is 23.2 Å². The minimum atomic E-state index is -0.0327. The van der Waals surface area contributed by atoms with E-state index in [1.54, 1.807) is 6.07 Å². The molecule has 0 spiro atoms. The van der Waals surface area contributed by atoms with E-state index in [9.17, 15) is 4.79 Å². The number of nitrogens with one attached hydrogen (secondary N) is 1. The Kier molecular flexibility index (Phi) is 5.46. The van der Waals surface area contributed by atoms with Crippen molar-refractivity contribution in [2.24, 2.45) is 0 Å². The summed E-state index contributed by atoms with van der Waals surface area (Å²) in [5.74, 6) is 0.928. The number of benzene rings is 2. The lowest BCUT2D eigenvalue weighted by Gasteiger charge is -2.04. The number of rotatable bonds is 6. The van der Waals surface area contributed by atoms with Gasteiger partial charge in [-0.25, -0.2) is 0 Å². The molecule has 0 atom stereocenters. The van der Waals surface area contributed by atoms with E-state index >= 15 is 0 Å². The lowest BCUT2D eigenvalue weighted by atomic mass is 10.2. The van der Waals surface area contributed by atoms with Crippen LogP contribution in [0, 0.1) is 6.92 Å². The molecule has 0 saturated carbocycles. The van der Waals surface area contributed by atoms with Gasteiger partial charge in [-0.1, -0.05) is 46.6 Å². The van der Waals surface area contributed by atoms with Crippen LogP contribution in [0.4, 0.5) is 5.69 Å². The van der Waals surface area contributed by atoms with Crippen LogP contribution in [0.25, 0.3) is 11.4 Å². The van der Waals surface area contributed by atoms with E-state index in [2.05, 4.69) is 15.5 Å². The molecule has 25 heavy (non-hydrogen) atoms. The molecule has 0 bridgehead atoms. The number of aromatic nitrogens is 2. The van der Waals surface area contributed by atoms with Crippen molar-refractivity contribution in [2.45, 2.75) is 26.2 Å². The molecule has 6 heteroatoms. The summed E-state index contributed by atoms with van der Waals surface area (Å²) in [6, 6.07) is 15.0. The van der Waals surface area contributed by atoms with Crippen molar-refractivity contribution in [1.82, 2.24) is 10.1 Å². The highest BCUT2D eigenvalue weighted by atomic mass is 35.5. The monoisotopic (exact) mass is 355 g/mol. The van der Waals surface area contributed by atoms with E-state index in [4.69, 9.17) is 16.1 Å². The maximum atomic E-state index is 12.0. The van der Waals surface area contributed by atoms with Gasteiger partial charge in [0, 0.05) is 24.1 Å². The van der Waals surface area contributed by atoms with Gasteiger partial charge in [0.15, 0.2) is 0 Å². The van der Waals surface area contributed by atoms with Crippen molar-refractivity contribution in [3.05, 3.63) is 65.0 Å². The molecule has 0 saturated heterocycles. The molecule has 5 nitrogen and oxygen atoms in total. The second-order valence-electron chi connectivity index (χ2n) is 5.76. The van der Waals surface area contributed by atoms with Gasteiger partial charge in [-0.2, -0.15) is 4.98 Å². The highest BCUT2D eigenvalue weighted by Gasteiger charge is 2.12. The molecular weight excluding hydrogens is 338 g/mol. The average Bonchev–Trinajstić information content (AvgIpc) is 3.06. The van der Waals surface area contributed by atoms with Crippen LogP contribution in [0.3, 0.4) is 0 Å². The first-order valence-electron chi connectivity index (χ1n) is 8.06. The fraction of sp³-hybridized carbons (Fsp3) is 0.211. The molecule has 3 rings (SSSR count). The third-order valence-electron chi connectivity index (χ3n) is 3.71. The Bertz CT molecular complexity index is 859. The van der Waals surface area contributed by atoms with Crippen LogP contribution < -0.4 is 5.32 Å². The first kappa shape index (κ1) is 17.2. The van der Waals surface area contributed by atoms with Gasteiger partial charge in [0.2, 0.25) is 17.6 Å². The van der Waals surface area contributed by atoms with Crippen LogP contribution in [0.2, 0.25) is 5.02 Å². The first-order chi connectivity index (χ1) is 12.1. The number of carbonyl (C=O) groups excluding carboxylic acids is 1. The zero-order valence-electron chi connectivity index (χ0n) is 13.8. The maximum absolute atomic E-state index is 12.0. The van der Waals surface area contributed by atoms with Gasteiger partial charge >= 0.3 is 0 Å². The Hall–Kier alpha value is -2.66. The largest absolute Gasteiger partial charge is 0.339 e. The summed E-state index contributed by atoms with van der Waals surface area (Å²) in [5, 5.41) is 7.40. The number of aryl methyl sites for hydroxylation is 2. The fourth-order valence-electron chi connectivity index (χ4n) is 2.37. The van der Waals surface area contributed by atoms with Crippen LogP contribution in [0.1, 0.15) is 24.3 Å². The van der Waals surface area contributed by atoms with Crippen LogP contribution in [-0.2, 0) is 11.2 Å². The molecule has 0 aliphatic carbocycles. The Labute approximate surface area is 151 Å². The summed E-state index contributed by atoms with van der Waals surface area (Å²) in [6.07, 6.45) is 1.55. The molecule has 1 heterocycles. The van der Waals surface area contributed by atoms with E-state index in [-0.39, 0.29) is 5.91 Å². The molecule has 1 N–H and O–H groups in total. The minimum absolute atomic E-state index is 0.0327. The first-order valence-corrected chi connectivity index (χ1v) is 8.43. The second-order valence-corrected chi connectivity index (χ2v) is 6.17. The standard InChI is InChI=1S/C19H18ClN3O2/c1-13-9-11-14(12-10-13)21-17(24)7-4-8-18-22-19(23-25-18)15-5-2-3-6-16(15)20/h2-3,5-6,9-12H,4,7-8H2,1H3,(H,21,24). The molecule has 0 aliphatic heterocycles. The number of anilines is 1. The van der Waals surface area contributed by atoms with Gasteiger partial charge in [0.25, 0.3) is 0 Å². The Balaban J connectivity index is 1.50. The van der Waals surface area contributed by atoms with Crippen molar-refractivity contribution in [2.75, 3.05) is 5.32 Å². The zero-order chi connectivity index (χ0) is 17.6. The highest BCUT2D eigenvalue weighted by molar-refractivity contribution is 6.33. The molecule has 1 aromatic heterocycles. The van der Waals surface area contributed by atoms with Crippen LogP contribution in [-0.4, -0.2) is 16.0 Å². The summed E-state index contributed by atoms with van der Waals surface area (Å²) in [7, 11) is 0. The Morgan fingerprint density at radius 3 is 2.68 bits per heavy atom. The molecule has 0 fully saturated rings. The van der Waals surface area contributed by atoms with E-state index in [1.165, 1.54) is 0 Å². The number of nitrogens with zero attached hydrogens (tertiary/aromatic N) is 2. The van der Waals surface area contributed by atoms with E-state index in [0.29, 0.717) is 36.0 Å².